The van der Waals surface area contributed by atoms with Crippen molar-refractivity contribution in [3.8, 4) is 11.5 Å². The van der Waals surface area contributed by atoms with E-state index in [4.69, 9.17) is 16.3 Å². The molecule has 0 atom stereocenters. The molecule has 108 valence electrons. The Kier molecular flexibility index (Phi) is 4.85. The lowest BCUT2D eigenvalue weighted by Gasteiger charge is -2.04. The molecule has 0 spiro atoms. The van der Waals surface area contributed by atoms with Gasteiger partial charge in [0.1, 0.15) is 11.5 Å². The third kappa shape index (κ3) is 4.00. The predicted octanol–water partition coefficient (Wildman–Crippen LogP) is 3.86. The lowest BCUT2D eigenvalue weighted by Crippen LogP contribution is -1.96. The Hall–Kier alpha value is -2.46. The fourth-order valence-corrected chi connectivity index (χ4v) is 1.85. The van der Waals surface area contributed by atoms with Gasteiger partial charge in [-0.3, -0.25) is 4.79 Å². The standard InChI is InChI=1S/C16H14ClNO3/c1-21-13-5-2-11(3-6-13)15(19)8-9-18-14-10-12(17)4-7-16(14)20/h2-10,18,20H,1H3/b9-8+. The van der Waals surface area contributed by atoms with Gasteiger partial charge in [-0.05, 0) is 42.5 Å². The molecule has 0 amide bonds. The topological polar surface area (TPSA) is 58.6 Å². The van der Waals surface area contributed by atoms with Gasteiger partial charge in [-0.25, -0.2) is 0 Å². The number of hydrogen-bond donors (Lipinski definition) is 2. The number of benzene rings is 2. The summed E-state index contributed by atoms with van der Waals surface area (Å²) in [6, 6.07) is 11.4. The summed E-state index contributed by atoms with van der Waals surface area (Å²) in [6.07, 6.45) is 2.83. The van der Waals surface area contributed by atoms with Crippen molar-refractivity contribution in [2.45, 2.75) is 0 Å². The highest BCUT2D eigenvalue weighted by Gasteiger charge is 2.03. The molecule has 0 unspecified atom stereocenters. The highest BCUT2D eigenvalue weighted by Crippen LogP contribution is 2.26. The lowest BCUT2D eigenvalue weighted by molar-refractivity contribution is 0.104. The minimum atomic E-state index is -0.160. The van der Waals surface area contributed by atoms with E-state index in [1.807, 2.05) is 0 Å². The van der Waals surface area contributed by atoms with Crippen LogP contribution in [0.2, 0.25) is 5.02 Å². The first-order valence-electron chi connectivity index (χ1n) is 6.20. The molecule has 0 bridgehead atoms. The van der Waals surface area contributed by atoms with Gasteiger partial charge in [-0.2, -0.15) is 0 Å². The molecule has 2 aromatic rings. The maximum absolute atomic E-state index is 11.9. The van der Waals surface area contributed by atoms with Gasteiger partial charge in [0.15, 0.2) is 5.78 Å². The molecular formula is C16H14ClNO3. The van der Waals surface area contributed by atoms with E-state index in [1.54, 1.807) is 43.5 Å². The normalized spacial score (nSPS) is 10.6. The van der Waals surface area contributed by atoms with Crippen LogP contribution in [0.4, 0.5) is 5.69 Å². The van der Waals surface area contributed by atoms with Crippen molar-refractivity contribution < 1.29 is 14.6 Å². The van der Waals surface area contributed by atoms with E-state index in [0.717, 1.165) is 0 Å². The Morgan fingerprint density at radius 2 is 1.95 bits per heavy atom. The van der Waals surface area contributed by atoms with E-state index >= 15 is 0 Å². The number of methoxy groups -OCH3 is 1. The van der Waals surface area contributed by atoms with Crippen molar-refractivity contribution in [2.24, 2.45) is 0 Å². The van der Waals surface area contributed by atoms with Crippen LogP contribution in [0, 0.1) is 0 Å². The van der Waals surface area contributed by atoms with Crippen LogP contribution in [-0.2, 0) is 0 Å². The molecule has 0 saturated heterocycles. The van der Waals surface area contributed by atoms with Crippen LogP contribution in [-0.4, -0.2) is 18.0 Å². The van der Waals surface area contributed by atoms with Crippen molar-refractivity contribution in [1.29, 1.82) is 0 Å². The van der Waals surface area contributed by atoms with Gasteiger partial charge >= 0.3 is 0 Å². The Bertz CT molecular complexity index is 666. The van der Waals surface area contributed by atoms with E-state index in [-0.39, 0.29) is 11.5 Å². The quantitative estimate of drug-likeness (QED) is 0.500. The summed E-state index contributed by atoms with van der Waals surface area (Å²) >= 11 is 5.83. The van der Waals surface area contributed by atoms with Gasteiger partial charge in [0.05, 0.1) is 12.8 Å². The summed E-state index contributed by atoms with van der Waals surface area (Å²) < 4.78 is 5.03. The van der Waals surface area contributed by atoms with Gasteiger partial charge in [-0.15, -0.1) is 0 Å². The van der Waals surface area contributed by atoms with E-state index in [0.29, 0.717) is 22.0 Å². The number of ketones is 1. The molecule has 0 aliphatic carbocycles. The number of halogens is 1. The number of carbonyl (C=O) groups is 1. The van der Waals surface area contributed by atoms with Crippen LogP contribution in [0.1, 0.15) is 10.4 Å². The monoisotopic (exact) mass is 303 g/mol. The number of nitrogens with one attached hydrogen (secondary N) is 1. The van der Waals surface area contributed by atoms with Crippen LogP contribution >= 0.6 is 11.6 Å². The van der Waals surface area contributed by atoms with Crippen LogP contribution in [0.5, 0.6) is 11.5 Å². The number of hydrogen-bond acceptors (Lipinski definition) is 4. The minimum absolute atomic E-state index is 0.0564. The summed E-state index contributed by atoms with van der Waals surface area (Å²) in [4.78, 5) is 11.9. The third-order valence-electron chi connectivity index (χ3n) is 2.81. The fraction of sp³-hybridized carbons (Fsp3) is 0.0625. The molecule has 0 saturated carbocycles. The first-order chi connectivity index (χ1) is 10.1. The average molecular weight is 304 g/mol. The maximum atomic E-state index is 11.9. The maximum Gasteiger partial charge on any atom is 0.187 e. The molecule has 0 aromatic heterocycles. The van der Waals surface area contributed by atoms with Crippen molar-refractivity contribution in [3.05, 3.63) is 65.3 Å². The zero-order chi connectivity index (χ0) is 15.2. The second-order valence-electron chi connectivity index (χ2n) is 4.23. The summed E-state index contributed by atoms with van der Waals surface area (Å²) in [5, 5.41) is 12.9. The molecule has 0 fully saturated rings. The first-order valence-corrected chi connectivity index (χ1v) is 6.58. The minimum Gasteiger partial charge on any atom is -0.506 e. The largest absolute Gasteiger partial charge is 0.506 e. The van der Waals surface area contributed by atoms with Gasteiger partial charge in [-0.1, -0.05) is 11.6 Å². The number of rotatable bonds is 5. The Morgan fingerprint density at radius 1 is 1.24 bits per heavy atom. The molecule has 2 rings (SSSR count). The molecule has 2 aromatic carbocycles. The molecular weight excluding hydrogens is 290 g/mol. The molecule has 0 aliphatic rings. The summed E-state index contributed by atoms with van der Waals surface area (Å²) in [5.74, 6) is 0.588. The summed E-state index contributed by atoms with van der Waals surface area (Å²) in [6.45, 7) is 0. The van der Waals surface area contributed by atoms with Gasteiger partial charge in [0.25, 0.3) is 0 Å². The average Bonchev–Trinajstić information content (AvgIpc) is 2.50. The number of phenolic OH excluding ortho intramolecular Hbond substituents is 1. The number of anilines is 1. The van der Waals surface area contributed by atoms with Gasteiger partial charge in [0, 0.05) is 22.9 Å². The number of ether oxygens (including phenoxy) is 1. The number of aromatic hydroxyl groups is 1. The second-order valence-corrected chi connectivity index (χ2v) is 4.67. The third-order valence-corrected chi connectivity index (χ3v) is 3.04. The molecule has 0 heterocycles. The molecule has 21 heavy (non-hydrogen) atoms. The molecule has 0 radical (unpaired) electrons. The number of phenols is 1. The highest BCUT2D eigenvalue weighted by molar-refractivity contribution is 6.30. The SMILES string of the molecule is COc1ccc(C(=O)/C=C/Nc2cc(Cl)ccc2O)cc1. The number of carbonyl (C=O) groups excluding carboxylic acids is 1. The second kappa shape index (κ2) is 6.81. The lowest BCUT2D eigenvalue weighted by atomic mass is 10.1. The van der Waals surface area contributed by atoms with Gasteiger partial charge in [0.2, 0.25) is 0 Å². The van der Waals surface area contributed by atoms with E-state index in [2.05, 4.69) is 5.32 Å². The zero-order valence-corrected chi connectivity index (χ0v) is 12.1. The van der Waals surface area contributed by atoms with E-state index in [1.165, 1.54) is 18.3 Å². The summed E-state index contributed by atoms with van der Waals surface area (Å²) in [7, 11) is 1.57. The highest BCUT2D eigenvalue weighted by atomic mass is 35.5. The Balaban J connectivity index is 2.03. The molecule has 4 nitrogen and oxygen atoms in total. The van der Waals surface area contributed by atoms with Crippen molar-refractivity contribution in [1.82, 2.24) is 0 Å². The number of allylic oxidation sites excluding steroid dienone is 1. The first kappa shape index (κ1) is 14.9. The fourth-order valence-electron chi connectivity index (χ4n) is 1.68. The van der Waals surface area contributed by atoms with Crippen LogP contribution in [0.3, 0.4) is 0 Å². The van der Waals surface area contributed by atoms with Crippen LogP contribution in [0.15, 0.2) is 54.7 Å². The molecule has 5 heteroatoms. The predicted molar refractivity (Wildman–Crippen MR) is 83.2 cm³/mol. The van der Waals surface area contributed by atoms with Crippen molar-refractivity contribution in [3.63, 3.8) is 0 Å². The molecule has 0 aliphatic heterocycles. The van der Waals surface area contributed by atoms with E-state index < -0.39 is 0 Å². The van der Waals surface area contributed by atoms with Crippen molar-refractivity contribution in [2.75, 3.05) is 12.4 Å². The van der Waals surface area contributed by atoms with Crippen molar-refractivity contribution >= 4 is 23.1 Å². The summed E-state index contributed by atoms with van der Waals surface area (Å²) in [5.41, 5.74) is 0.977. The zero-order valence-electron chi connectivity index (χ0n) is 11.3. The van der Waals surface area contributed by atoms with E-state index in [9.17, 15) is 9.90 Å². The Labute approximate surface area is 127 Å². The van der Waals surface area contributed by atoms with Gasteiger partial charge < -0.3 is 15.2 Å². The van der Waals surface area contributed by atoms with Crippen LogP contribution in [0.25, 0.3) is 0 Å². The smallest absolute Gasteiger partial charge is 0.187 e. The molecule has 2 N–H and O–H groups in total. The Morgan fingerprint density at radius 3 is 2.62 bits per heavy atom. The van der Waals surface area contributed by atoms with Crippen LogP contribution < -0.4 is 10.1 Å².